The summed E-state index contributed by atoms with van der Waals surface area (Å²) in [6.45, 7) is 2.18. The van der Waals surface area contributed by atoms with Gasteiger partial charge in [-0.05, 0) is 0 Å². The molecule has 0 spiro atoms. The van der Waals surface area contributed by atoms with E-state index in [1.807, 2.05) is 0 Å². The molecule has 0 heterocycles. The Hall–Kier alpha value is 1.04. The molecule has 0 bridgehead atoms. The summed E-state index contributed by atoms with van der Waals surface area (Å²) in [6.07, 6.45) is 0. The van der Waals surface area contributed by atoms with E-state index in [1.165, 1.54) is 5.32 Å². The van der Waals surface area contributed by atoms with Crippen LogP contribution in [0.5, 0.6) is 0 Å². The van der Waals surface area contributed by atoms with Gasteiger partial charge in [0.1, 0.15) is 0 Å². The van der Waals surface area contributed by atoms with Crippen LogP contribution in [0.2, 0.25) is 5.32 Å². The van der Waals surface area contributed by atoms with E-state index >= 15 is 0 Å². The molecule has 0 rings (SSSR count). The monoisotopic (exact) mass is 189 g/mol. The fraction of sp³-hybridized carbons (Fsp3) is 1.00. The molecule has 0 aliphatic carbocycles. The van der Waals surface area contributed by atoms with Crippen molar-refractivity contribution in [2.75, 3.05) is 0 Å². The zero-order valence-electron chi connectivity index (χ0n) is 2.52. The molecule has 0 aliphatic heterocycles. The van der Waals surface area contributed by atoms with E-state index in [0.29, 0.717) is 0 Å². The molecule has 0 amide bonds. The minimum absolute atomic E-state index is 0.792. The quantitative estimate of drug-likeness (QED) is 0.515. The molecule has 0 saturated carbocycles. The van der Waals surface area contributed by atoms with Crippen molar-refractivity contribution in [3.8, 4) is 0 Å². The standard InChI is InChI=1S/C2H5Se2/c1-2-4-3/h2H2,1H3. The molecule has 0 saturated heterocycles. The Labute approximate surface area is 39.9 Å². The Morgan fingerprint density at radius 1 is 2.00 bits per heavy atom. The summed E-state index contributed by atoms with van der Waals surface area (Å²) >= 11 is 3.75. The summed E-state index contributed by atoms with van der Waals surface area (Å²) in [6, 6.07) is 0. The molecule has 0 aliphatic rings. The third-order valence-electron chi connectivity index (χ3n) is 0.118. The van der Waals surface area contributed by atoms with Gasteiger partial charge in [0, 0.05) is 0 Å². The molecule has 0 N–H and O–H groups in total. The van der Waals surface area contributed by atoms with Crippen LogP contribution >= 0.6 is 0 Å². The molecular weight excluding hydrogens is 182 g/mol. The second kappa shape index (κ2) is 4.04. The van der Waals surface area contributed by atoms with Crippen LogP contribution in [0.15, 0.2) is 0 Å². The SMILES string of the molecule is CC[Se][Se]. The molecule has 0 aromatic heterocycles. The van der Waals surface area contributed by atoms with Crippen molar-refractivity contribution in [1.82, 2.24) is 0 Å². The molecule has 1 radical (unpaired) electrons. The van der Waals surface area contributed by atoms with Gasteiger partial charge in [0.25, 0.3) is 0 Å². The summed E-state index contributed by atoms with van der Waals surface area (Å²) in [4.78, 5) is 0. The Bertz CT molecular complexity index is 6.00. The molecule has 4 heavy (non-hydrogen) atoms. The topological polar surface area (TPSA) is 0 Å². The van der Waals surface area contributed by atoms with Crippen molar-refractivity contribution in [3.63, 3.8) is 0 Å². The number of hydrogen-bond donors (Lipinski definition) is 0. The van der Waals surface area contributed by atoms with E-state index in [2.05, 4.69) is 21.1 Å². The van der Waals surface area contributed by atoms with Crippen molar-refractivity contribution < 1.29 is 0 Å². The van der Waals surface area contributed by atoms with E-state index in [1.54, 1.807) is 0 Å². The Morgan fingerprint density at radius 2 is 2.25 bits per heavy atom. The van der Waals surface area contributed by atoms with Gasteiger partial charge in [-0.25, -0.2) is 0 Å². The van der Waals surface area contributed by atoms with Gasteiger partial charge in [0.05, 0.1) is 0 Å². The predicted molar refractivity (Wildman–Crippen MR) is 22.0 cm³/mol. The van der Waals surface area contributed by atoms with Crippen molar-refractivity contribution >= 4 is 27.3 Å². The molecule has 2 heteroatoms. The average molecular weight is 187 g/mol. The van der Waals surface area contributed by atoms with Crippen LogP contribution < -0.4 is 0 Å². The van der Waals surface area contributed by atoms with E-state index in [4.69, 9.17) is 0 Å². The molecule has 0 aromatic rings. The van der Waals surface area contributed by atoms with Gasteiger partial charge in [-0.15, -0.1) is 0 Å². The summed E-state index contributed by atoms with van der Waals surface area (Å²) in [5.74, 6) is 0. The second-order valence-corrected chi connectivity index (χ2v) is 4.68. The first kappa shape index (κ1) is 5.04. The van der Waals surface area contributed by atoms with Crippen LogP contribution in [0.4, 0.5) is 0 Å². The second-order valence-electron chi connectivity index (χ2n) is 0.407. The normalized spacial score (nSPS) is 7.50. The average Bonchev–Trinajstić information content (AvgIpc) is 1.37. The summed E-state index contributed by atoms with van der Waals surface area (Å²) in [7, 11) is 0. The first-order valence-electron chi connectivity index (χ1n) is 1.16. The maximum atomic E-state index is 2.95. The van der Waals surface area contributed by atoms with Crippen molar-refractivity contribution in [1.29, 1.82) is 0 Å². The minimum atomic E-state index is 0.792. The van der Waals surface area contributed by atoms with Crippen LogP contribution in [0.25, 0.3) is 0 Å². The number of rotatable bonds is 1. The molecule has 0 unspecified atom stereocenters. The maximum absolute atomic E-state index is 2.95. The van der Waals surface area contributed by atoms with Gasteiger partial charge in [-0.2, -0.15) is 0 Å². The van der Waals surface area contributed by atoms with Crippen molar-refractivity contribution in [2.45, 2.75) is 12.2 Å². The Morgan fingerprint density at radius 3 is 2.25 bits per heavy atom. The van der Waals surface area contributed by atoms with Crippen LogP contribution in [0, 0.1) is 0 Å². The van der Waals surface area contributed by atoms with Crippen LogP contribution in [-0.4, -0.2) is 27.3 Å². The molecule has 0 aromatic carbocycles. The van der Waals surface area contributed by atoms with Gasteiger partial charge >= 0.3 is 39.6 Å². The first-order valence-corrected chi connectivity index (χ1v) is 6.71. The van der Waals surface area contributed by atoms with Crippen molar-refractivity contribution in [2.24, 2.45) is 0 Å². The summed E-state index contributed by atoms with van der Waals surface area (Å²) in [5.41, 5.74) is 0. The predicted octanol–water partition coefficient (Wildman–Crippen LogP) is 0.212. The van der Waals surface area contributed by atoms with Gasteiger partial charge in [0.2, 0.25) is 0 Å². The summed E-state index contributed by atoms with van der Waals surface area (Å²) in [5, 5.41) is 1.33. The fourth-order valence-electron chi connectivity index (χ4n) is 0. The van der Waals surface area contributed by atoms with E-state index in [9.17, 15) is 0 Å². The van der Waals surface area contributed by atoms with Crippen molar-refractivity contribution in [3.05, 3.63) is 0 Å². The Kier molecular flexibility index (Phi) is 5.09. The summed E-state index contributed by atoms with van der Waals surface area (Å²) < 4.78 is 0. The number of hydrogen-bond acceptors (Lipinski definition) is 0. The third kappa shape index (κ3) is 3.04. The van der Waals surface area contributed by atoms with E-state index in [-0.39, 0.29) is 0 Å². The molecule has 0 nitrogen and oxygen atoms in total. The van der Waals surface area contributed by atoms with Gasteiger partial charge in [-0.3, -0.25) is 0 Å². The Balaban J connectivity index is 1.97. The molecule has 0 fully saturated rings. The van der Waals surface area contributed by atoms with Gasteiger partial charge < -0.3 is 0 Å². The van der Waals surface area contributed by atoms with E-state index < -0.39 is 0 Å². The third-order valence-corrected chi connectivity index (χ3v) is 3.18. The van der Waals surface area contributed by atoms with Gasteiger partial charge in [-0.1, -0.05) is 0 Å². The zero-order valence-corrected chi connectivity index (χ0v) is 5.95. The fourth-order valence-corrected chi connectivity index (χ4v) is 0. The van der Waals surface area contributed by atoms with Gasteiger partial charge in [0.15, 0.2) is 0 Å². The first-order chi connectivity index (χ1) is 1.91. The van der Waals surface area contributed by atoms with E-state index in [0.717, 1.165) is 13.1 Å². The molecule has 25 valence electrons. The van der Waals surface area contributed by atoms with Crippen LogP contribution in [0.1, 0.15) is 6.92 Å². The zero-order chi connectivity index (χ0) is 3.41. The molecule has 0 atom stereocenters. The van der Waals surface area contributed by atoms with Crippen LogP contribution in [-0.2, 0) is 0 Å². The molecular formula is C2H5Se2. The van der Waals surface area contributed by atoms with Crippen LogP contribution in [0.3, 0.4) is 0 Å².